The van der Waals surface area contributed by atoms with E-state index in [2.05, 4.69) is 13.5 Å². The minimum Gasteiger partial charge on any atom is -0.508 e. The third kappa shape index (κ3) is 3.94. The molecule has 0 aliphatic rings. The van der Waals surface area contributed by atoms with Crippen molar-refractivity contribution in [2.75, 3.05) is 0 Å². The Kier molecular flexibility index (Phi) is 4.76. The zero-order valence-corrected chi connectivity index (χ0v) is 10.1. The fraction of sp³-hybridized carbons (Fsp3) is 0.357. The third-order valence-electron chi connectivity index (χ3n) is 2.66. The molecule has 0 aliphatic heterocycles. The van der Waals surface area contributed by atoms with E-state index < -0.39 is 5.97 Å². The van der Waals surface area contributed by atoms with Crippen molar-refractivity contribution in [2.24, 2.45) is 0 Å². The summed E-state index contributed by atoms with van der Waals surface area (Å²) >= 11 is 0. The number of phenols is 1. The third-order valence-corrected chi connectivity index (χ3v) is 2.66. The Balaban J connectivity index is 2.81. The highest BCUT2D eigenvalue weighted by molar-refractivity contribution is 5.86. The number of phenolic OH excluding ortho intramolecular Hbond substituents is 1. The number of aromatic hydroxyl groups is 1. The summed E-state index contributed by atoms with van der Waals surface area (Å²) in [5.74, 6) is -0.698. The molecule has 0 bridgehead atoms. The molecule has 17 heavy (non-hydrogen) atoms. The van der Waals surface area contributed by atoms with Crippen molar-refractivity contribution in [1.82, 2.24) is 0 Å². The van der Waals surface area contributed by atoms with Crippen molar-refractivity contribution in [3.8, 4) is 5.75 Å². The smallest absolute Gasteiger partial charge is 0.331 e. The summed E-state index contributed by atoms with van der Waals surface area (Å²) in [5, 5.41) is 18.4. The van der Waals surface area contributed by atoms with Crippen molar-refractivity contribution >= 4 is 5.97 Å². The molecule has 0 saturated carbocycles. The van der Waals surface area contributed by atoms with E-state index in [1.54, 1.807) is 12.1 Å². The van der Waals surface area contributed by atoms with Crippen LogP contribution in [0, 0.1) is 0 Å². The second-order valence-corrected chi connectivity index (χ2v) is 4.15. The second-order valence-electron chi connectivity index (χ2n) is 4.15. The number of aliphatic carboxylic acids is 1. The first-order valence-corrected chi connectivity index (χ1v) is 5.76. The van der Waals surface area contributed by atoms with Gasteiger partial charge in [0.25, 0.3) is 0 Å². The molecule has 0 fully saturated rings. The first-order valence-electron chi connectivity index (χ1n) is 5.76. The summed E-state index contributed by atoms with van der Waals surface area (Å²) < 4.78 is 0. The number of carboxylic acid groups (broad SMARTS) is 1. The van der Waals surface area contributed by atoms with Crippen LogP contribution in [0.4, 0.5) is 0 Å². The fourth-order valence-electron chi connectivity index (χ4n) is 1.64. The van der Waals surface area contributed by atoms with Gasteiger partial charge in [-0.3, -0.25) is 0 Å². The number of hydrogen-bond acceptors (Lipinski definition) is 2. The molecule has 0 heterocycles. The molecule has 2 N–H and O–H groups in total. The van der Waals surface area contributed by atoms with Crippen LogP contribution in [0.25, 0.3) is 0 Å². The Hall–Kier alpha value is -1.77. The lowest BCUT2D eigenvalue weighted by molar-refractivity contribution is -0.132. The van der Waals surface area contributed by atoms with E-state index in [0.29, 0.717) is 6.42 Å². The van der Waals surface area contributed by atoms with E-state index in [1.165, 1.54) is 0 Å². The van der Waals surface area contributed by atoms with Crippen molar-refractivity contribution in [2.45, 2.75) is 32.6 Å². The average Bonchev–Trinajstić information content (AvgIpc) is 2.29. The van der Waals surface area contributed by atoms with Gasteiger partial charge < -0.3 is 10.2 Å². The van der Waals surface area contributed by atoms with Gasteiger partial charge in [0.1, 0.15) is 5.75 Å². The maximum atomic E-state index is 10.7. The number of hydrogen-bond donors (Lipinski definition) is 2. The largest absolute Gasteiger partial charge is 0.508 e. The SMILES string of the molecule is C=C(Cc1ccc(O)c(CCCC)c1)C(=O)O. The van der Waals surface area contributed by atoms with Crippen LogP contribution in [0.5, 0.6) is 5.75 Å². The molecular weight excluding hydrogens is 216 g/mol. The van der Waals surface area contributed by atoms with E-state index in [1.807, 2.05) is 6.07 Å². The number of unbranched alkanes of at least 4 members (excludes halogenated alkanes) is 1. The lowest BCUT2D eigenvalue weighted by atomic mass is 10.0. The number of benzene rings is 1. The molecule has 92 valence electrons. The van der Waals surface area contributed by atoms with Crippen molar-refractivity contribution < 1.29 is 15.0 Å². The summed E-state index contributed by atoms with van der Waals surface area (Å²) in [5.41, 5.74) is 1.92. The summed E-state index contributed by atoms with van der Waals surface area (Å²) in [6.07, 6.45) is 3.20. The quantitative estimate of drug-likeness (QED) is 0.744. The maximum Gasteiger partial charge on any atom is 0.331 e. The highest BCUT2D eigenvalue weighted by Gasteiger charge is 2.07. The number of carboxylic acids is 1. The predicted molar refractivity (Wildman–Crippen MR) is 67.2 cm³/mol. The van der Waals surface area contributed by atoms with Gasteiger partial charge in [-0.1, -0.05) is 32.1 Å². The Morgan fingerprint density at radius 2 is 2.12 bits per heavy atom. The molecule has 1 aromatic rings. The predicted octanol–water partition coefficient (Wildman–Crippen LogP) is 2.92. The van der Waals surface area contributed by atoms with Crippen molar-refractivity contribution in [3.05, 3.63) is 41.5 Å². The molecule has 0 amide bonds. The molecule has 3 nitrogen and oxygen atoms in total. The van der Waals surface area contributed by atoms with Crippen LogP contribution in [0.2, 0.25) is 0 Å². The molecule has 0 saturated heterocycles. The molecule has 0 unspecified atom stereocenters. The first kappa shape index (κ1) is 13.3. The van der Waals surface area contributed by atoms with Gasteiger partial charge in [-0.05, 0) is 30.0 Å². The Bertz CT molecular complexity index is 421. The first-order chi connectivity index (χ1) is 8.04. The Morgan fingerprint density at radius 1 is 1.41 bits per heavy atom. The van der Waals surface area contributed by atoms with E-state index in [9.17, 15) is 9.90 Å². The molecule has 0 atom stereocenters. The van der Waals surface area contributed by atoms with Crippen LogP contribution in [-0.4, -0.2) is 16.2 Å². The van der Waals surface area contributed by atoms with E-state index in [4.69, 9.17) is 5.11 Å². The van der Waals surface area contributed by atoms with Gasteiger partial charge in [-0.2, -0.15) is 0 Å². The van der Waals surface area contributed by atoms with Crippen LogP contribution in [-0.2, 0) is 17.6 Å². The van der Waals surface area contributed by atoms with Gasteiger partial charge >= 0.3 is 5.97 Å². The second kappa shape index (κ2) is 6.09. The molecule has 1 rings (SSSR count). The maximum absolute atomic E-state index is 10.7. The van der Waals surface area contributed by atoms with Gasteiger partial charge in [-0.25, -0.2) is 4.79 Å². The van der Waals surface area contributed by atoms with Gasteiger partial charge in [0.15, 0.2) is 0 Å². The van der Waals surface area contributed by atoms with E-state index >= 15 is 0 Å². The van der Waals surface area contributed by atoms with Gasteiger partial charge in [0.05, 0.1) is 0 Å². The molecule has 0 aliphatic carbocycles. The minimum atomic E-state index is -0.979. The zero-order valence-electron chi connectivity index (χ0n) is 10.1. The number of aryl methyl sites for hydroxylation is 1. The highest BCUT2D eigenvalue weighted by Crippen LogP contribution is 2.21. The van der Waals surface area contributed by atoms with E-state index in [-0.39, 0.29) is 11.3 Å². The zero-order chi connectivity index (χ0) is 12.8. The van der Waals surface area contributed by atoms with Crippen LogP contribution >= 0.6 is 0 Å². The van der Waals surface area contributed by atoms with Crippen molar-refractivity contribution in [3.63, 3.8) is 0 Å². The molecule has 1 aromatic carbocycles. The molecule has 0 spiro atoms. The lowest BCUT2D eigenvalue weighted by Crippen LogP contribution is -2.02. The van der Waals surface area contributed by atoms with Crippen molar-refractivity contribution in [1.29, 1.82) is 0 Å². The lowest BCUT2D eigenvalue weighted by Gasteiger charge is -2.07. The Morgan fingerprint density at radius 3 is 2.71 bits per heavy atom. The number of rotatable bonds is 6. The van der Waals surface area contributed by atoms with Gasteiger partial charge in [0.2, 0.25) is 0 Å². The highest BCUT2D eigenvalue weighted by atomic mass is 16.4. The van der Waals surface area contributed by atoms with Crippen LogP contribution in [0.15, 0.2) is 30.4 Å². The normalized spacial score (nSPS) is 10.2. The monoisotopic (exact) mass is 234 g/mol. The molecule has 3 heteroatoms. The number of carbonyl (C=O) groups is 1. The Labute approximate surface area is 101 Å². The standard InChI is InChI=1S/C14H18O3/c1-3-4-5-12-9-11(6-7-13(12)15)8-10(2)14(16)17/h6-7,9,15H,2-5,8H2,1H3,(H,16,17). The van der Waals surface area contributed by atoms with Crippen LogP contribution in [0.1, 0.15) is 30.9 Å². The fourth-order valence-corrected chi connectivity index (χ4v) is 1.64. The average molecular weight is 234 g/mol. The minimum absolute atomic E-state index is 0.164. The molecule has 0 aromatic heterocycles. The van der Waals surface area contributed by atoms with Crippen LogP contribution in [0.3, 0.4) is 0 Å². The topological polar surface area (TPSA) is 57.5 Å². The summed E-state index contributed by atoms with van der Waals surface area (Å²) in [7, 11) is 0. The molecular formula is C14H18O3. The summed E-state index contributed by atoms with van der Waals surface area (Å²) in [6.45, 7) is 5.59. The summed E-state index contributed by atoms with van der Waals surface area (Å²) in [6, 6.07) is 5.22. The van der Waals surface area contributed by atoms with Gasteiger partial charge in [-0.15, -0.1) is 0 Å². The molecule has 0 radical (unpaired) electrons. The summed E-state index contributed by atoms with van der Waals surface area (Å²) in [4.78, 5) is 10.7. The van der Waals surface area contributed by atoms with Crippen LogP contribution < -0.4 is 0 Å². The van der Waals surface area contributed by atoms with E-state index in [0.717, 1.165) is 30.4 Å². The van der Waals surface area contributed by atoms with Gasteiger partial charge in [0, 0.05) is 12.0 Å².